The number of hydrogen-bond acceptors (Lipinski definition) is 4. The van der Waals surface area contributed by atoms with Gasteiger partial charge in [0.05, 0.1) is 10.4 Å². The van der Waals surface area contributed by atoms with Crippen molar-refractivity contribution in [1.82, 2.24) is 14.3 Å². The van der Waals surface area contributed by atoms with Crippen LogP contribution in [-0.2, 0) is 10.0 Å². The Kier molecular flexibility index (Phi) is 4.99. The molecule has 1 aliphatic heterocycles. The van der Waals surface area contributed by atoms with Gasteiger partial charge in [-0.1, -0.05) is 25.4 Å². The van der Waals surface area contributed by atoms with Crippen LogP contribution in [0.15, 0.2) is 23.4 Å². The number of fused-ring (bicyclic) bond motifs is 1. The lowest BCUT2D eigenvalue weighted by Gasteiger charge is -2.41. The molecular weight excluding hydrogens is 359 g/mol. The van der Waals surface area contributed by atoms with Gasteiger partial charge in [0.1, 0.15) is 10.5 Å². The van der Waals surface area contributed by atoms with E-state index in [1.54, 1.807) is 12.3 Å². The smallest absolute Gasteiger partial charge is 0.245 e. The van der Waals surface area contributed by atoms with Gasteiger partial charge in [0, 0.05) is 31.5 Å². The molecule has 2 aromatic heterocycles. The second-order valence-electron chi connectivity index (χ2n) is 6.39. The summed E-state index contributed by atoms with van der Waals surface area (Å²) in [6.45, 7) is 4.78. The SMILES string of the molecule is CC1(C)CN(S(=O)(=O)c2c[nH]c3nccc(Cl)c23)CCC1N.Cl. The van der Waals surface area contributed by atoms with Crippen LogP contribution in [0.1, 0.15) is 20.3 Å². The van der Waals surface area contributed by atoms with Crippen LogP contribution in [0.2, 0.25) is 5.02 Å². The molecule has 0 bridgehead atoms. The largest absolute Gasteiger partial charge is 0.345 e. The zero-order chi connectivity index (χ0) is 16.1. The van der Waals surface area contributed by atoms with E-state index in [4.69, 9.17) is 17.3 Å². The second kappa shape index (κ2) is 6.22. The van der Waals surface area contributed by atoms with E-state index in [0.717, 1.165) is 0 Å². The zero-order valence-corrected chi connectivity index (χ0v) is 15.3. The summed E-state index contributed by atoms with van der Waals surface area (Å²) < 4.78 is 27.5. The van der Waals surface area contributed by atoms with Crippen LogP contribution >= 0.6 is 24.0 Å². The Hall–Kier alpha value is -0.860. The molecule has 1 atom stereocenters. The fraction of sp³-hybridized carbons (Fsp3) is 0.500. The predicted molar refractivity (Wildman–Crippen MR) is 93.5 cm³/mol. The first-order valence-corrected chi connectivity index (χ1v) is 8.92. The van der Waals surface area contributed by atoms with Crippen LogP contribution in [0.25, 0.3) is 11.0 Å². The number of aromatic nitrogens is 2. The van der Waals surface area contributed by atoms with E-state index in [0.29, 0.717) is 35.6 Å². The van der Waals surface area contributed by atoms with Crippen LogP contribution < -0.4 is 5.73 Å². The molecule has 3 heterocycles. The van der Waals surface area contributed by atoms with Crippen molar-refractivity contribution >= 4 is 45.1 Å². The number of nitrogens with zero attached hydrogens (tertiary/aromatic N) is 2. The van der Waals surface area contributed by atoms with Gasteiger partial charge < -0.3 is 10.7 Å². The molecule has 0 aliphatic carbocycles. The third kappa shape index (κ3) is 3.08. The molecule has 0 aromatic carbocycles. The van der Waals surface area contributed by atoms with Crippen molar-refractivity contribution in [3.63, 3.8) is 0 Å². The summed E-state index contributed by atoms with van der Waals surface area (Å²) in [7, 11) is -3.64. The van der Waals surface area contributed by atoms with E-state index in [1.807, 2.05) is 13.8 Å². The summed E-state index contributed by atoms with van der Waals surface area (Å²) >= 11 is 6.16. The molecule has 9 heteroatoms. The van der Waals surface area contributed by atoms with E-state index in [1.165, 1.54) is 10.5 Å². The number of nitrogens with two attached hydrogens (primary N) is 1. The monoisotopic (exact) mass is 378 g/mol. The Labute approximate surface area is 146 Å². The minimum atomic E-state index is -3.64. The van der Waals surface area contributed by atoms with Gasteiger partial charge in [-0.2, -0.15) is 4.31 Å². The summed E-state index contributed by atoms with van der Waals surface area (Å²) in [4.78, 5) is 7.17. The van der Waals surface area contributed by atoms with E-state index in [-0.39, 0.29) is 28.8 Å². The zero-order valence-electron chi connectivity index (χ0n) is 12.9. The highest BCUT2D eigenvalue weighted by Gasteiger charge is 2.39. The second-order valence-corrected chi connectivity index (χ2v) is 8.71. The first-order chi connectivity index (χ1) is 10.2. The number of piperidine rings is 1. The molecule has 23 heavy (non-hydrogen) atoms. The van der Waals surface area contributed by atoms with Crippen molar-refractivity contribution in [3.05, 3.63) is 23.5 Å². The average molecular weight is 379 g/mol. The minimum absolute atomic E-state index is 0. The van der Waals surface area contributed by atoms with Crippen molar-refractivity contribution in [2.24, 2.45) is 11.1 Å². The molecule has 6 nitrogen and oxygen atoms in total. The predicted octanol–water partition coefficient (Wildman–Crippen LogP) is 2.39. The number of nitrogens with one attached hydrogen (secondary N) is 1. The van der Waals surface area contributed by atoms with Gasteiger partial charge in [-0.3, -0.25) is 0 Å². The molecule has 0 spiro atoms. The van der Waals surface area contributed by atoms with Crippen molar-refractivity contribution in [2.75, 3.05) is 13.1 Å². The van der Waals surface area contributed by atoms with Crippen molar-refractivity contribution in [3.8, 4) is 0 Å². The molecule has 2 aromatic rings. The highest BCUT2D eigenvalue weighted by atomic mass is 35.5. The Morgan fingerprint density at radius 2 is 2.17 bits per heavy atom. The number of aromatic amines is 1. The molecule has 128 valence electrons. The van der Waals surface area contributed by atoms with Crippen molar-refractivity contribution in [1.29, 1.82) is 0 Å². The third-order valence-corrected chi connectivity index (χ3v) is 6.57. The quantitative estimate of drug-likeness (QED) is 0.838. The van der Waals surface area contributed by atoms with Crippen molar-refractivity contribution < 1.29 is 8.42 Å². The molecule has 1 unspecified atom stereocenters. The fourth-order valence-corrected chi connectivity index (χ4v) is 4.96. The third-order valence-electron chi connectivity index (χ3n) is 4.38. The van der Waals surface area contributed by atoms with Gasteiger partial charge in [0.15, 0.2) is 0 Å². The number of rotatable bonds is 2. The lowest BCUT2D eigenvalue weighted by molar-refractivity contribution is 0.155. The van der Waals surface area contributed by atoms with Gasteiger partial charge in [0.25, 0.3) is 0 Å². The summed E-state index contributed by atoms with van der Waals surface area (Å²) in [5, 5.41) is 0.814. The molecule has 3 N–H and O–H groups in total. The summed E-state index contributed by atoms with van der Waals surface area (Å²) in [5.41, 5.74) is 6.30. The molecule has 1 aliphatic rings. The molecule has 0 amide bonds. The Bertz CT molecular complexity index is 819. The Morgan fingerprint density at radius 3 is 2.83 bits per heavy atom. The topological polar surface area (TPSA) is 92.1 Å². The fourth-order valence-electron chi connectivity index (χ4n) is 2.86. The molecule has 3 rings (SSSR count). The Balaban J connectivity index is 0.00000192. The minimum Gasteiger partial charge on any atom is -0.345 e. The molecular formula is C14H20Cl2N4O2S. The average Bonchev–Trinajstić information content (AvgIpc) is 2.87. The number of sulfonamides is 1. The number of halogens is 2. The van der Waals surface area contributed by atoms with E-state index in [2.05, 4.69) is 9.97 Å². The van der Waals surface area contributed by atoms with Gasteiger partial charge >= 0.3 is 0 Å². The van der Waals surface area contributed by atoms with Gasteiger partial charge in [-0.05, 0) is 17.9 Å². The highest BCUT2D eigenvalue weighted by molar-refractivity contribution is 7.89. The van der Waals surface area contributed by atoms with E-state index < -0.39 is 10.0 Å². The number of H-pyrrole nitrogens is 1. The van der Waals surface area contributed by atoms with Gasteiger partial charge in [-0.25, -0.2) is 13.4 Å². The lowest BCUT2D eigenvalue weighted by Crippen LogP contribution is -2.53. The van der Waals surface area contributed by atoms with Gasteiger partial charge in [-0.15, -0.1) is 12.4 Å². The van der Waals surface area contributed by atoms with Crippen LogP contribution in [-0.4, -0.2) is 41.8 Å². The first kappa shape index (κ1) is 18.5. The van der Waals surface area contributed by atoms with Crippen LogP contribution in [0, 0.1) is 5.41 Å². The van der Waals surface area contributed by atoms with Crippen LogP contribution in [0.5, 0.6) is 0 Å². The summed E-state index contributed by atoms with van der Waals surface area (Å²) in [5.74, 6) is 0. The van der Waals surface area contributed by atoms with Gasteiger partial charge in [0.2, 0.25) is 10.0 Å². The maximum absolute atomic E-state index is 13.0. The van der Waals surface area contributed by atoms with E-state index in [9.17, 15) is 8.42 Å². The molecule has 1 fully saturated rings. The normalized spacial score (nSPS) is 22.0. The van der Waals surface area contributed by atoms with Crippen LogP contribution in [0.4, 0.5) is 0 Å². The number of pyridine rings is 1. The summed E-state index contributed by atoms with van der Waals surface area (Å²) in [6, 6.07) is 1.58. The molecule has 1 saturated heterocycles. The standard InChI is InChI=1S/C14H19ClN4O2S.ClH/c1-14(2)8-19(6-4-11(14)16)22(20,21)10-7-18-13-12(10)9(15)3-5-17-13;/h3,5,7,11H,4,6,8,16H2,1-2H3,(H,17,18);1H. The molecule has 0 saturated carbocycles. The maximum Gasteiger partial charge on any atom is 0.245 e. The Morgan fingerprint density at radius 1 is 1.48 bits per heavy atom. The number of hydrogen-bond donors (Lipinski definition) is 2. The van der Waals surface area contributed by atoms with Crippen molar-refractivity contribution in [2.45, 2.75) is 31.2 Å². The summed E-state index contributed by atoms with van der Waals surface area (Å²) in [6.07, 6.45) is 3.64. The highest BCUT2D eigenvalue weighted by Crippen LogP contribution is 2.34. The van der Waals surface area contributed by atoms with E-state index >= 15 is 0 Å². The lowest BCUT2D eigenvalue weighted by atomic mass is 9.81. The maximum atomic E-state index is 13.0. The van der Waals surface area contributed by atoms with Crippen LogP contribution in [0.3, 0.4) is 0 Å². The first-order valence-electron chi connectivity index (χ1n) is 7.11. The molecule has 0 radical (unpaired) electrons.